The van der Waals surface area contributed by atoms with E-state index >= 15 is 0 Å². The Balaban J connectivity index is 2.12. The van der Waals surface area contributed by atoms with Crippen molar-refractivity contribution in [2.24, 2.45) is 0 Å². The van der Waals surface area contributed by atoms with Crippen LogP contribution in [0.15, 0.2) is 18.2 Å². The molecule has 120 valence electrons. The second-order valence-electron chi connectivity index (χ2n) is 5.47. The van der Waals surface area contributed by atoms with Gasteiger partial charge in [-0.2, -0.15) is 0 Å². The average Bonchev–Trinajstić information content (AvgIpc) is 2.54. The van der Waals surface area contributed by atoms with Gasteiger partial charge < -0.3 is 15.0 Å². The van der Waals surface area contributed by atoms with Gasteiger partial charge in [0.15, 0.2) is 5.11 Å². The molecule has 1 fully saturated rings. The fourth-order valence-electron chi connectivity index (χ4n) is 2.74. The fraction of sp³-hybridized carbons (Fsp3) is 0.533. The van der Waals surface area contributed by atoms with Crippen LogP contribution in [0, 0.1) is 10.1 Å². The SMILES string of the molecule is COc1ccc([N+](=O)[O-])cc1NC(=S)N(C)C1CCCCC1. The van der Waals surface area contributed by atoms with E-state index in [9.17, 15) is 10.1 Å². The van der Waals surface area contributed by atoms with Crippen LogP contribution < -0.4 is 10.1 Å². The summed E-state index contributed by atoms with van der Waals surface area (Å²) in [6.45, 7) is 0. The quantitative estimate of drug-likeness (QED) is 0.519. The standard InChI is InChI=1S/C15H21N3O3S/c1-17(11-6-4-3-5-7-11)15(22)16-13-10-12(18(19)20)8-9-14(13)21-2/h8-11H,3-7H2,1-2H3,(H,16,22). The molecule has 2 rings (SSSR count). The van der Waals surface area contributed by atoms with Crippen LogP contribution in [0.3, 0.4) is 0 Å². The summed E-state index contributed by atoms with van der Waals surface area (Å²) in [6, 6.07) is 4.86. The largest absolute Gasteiger partial charge is 0.495 e. The molecular formula is C15H21N3O3S. The highest BCUT2D eigenvalue weighted by atomic mass is 32.1. The van der Waals surface area contributed by atoms with Gasteiger partial charge in [-0.3, -0.25) is 10.1 Å². The molecule has 0 radical (unpaired) electrons. The average molecular weight is 323 g/mol. The number of nitrogens with zero attached hydrogens (tertiary/aromatic N) is 2. The molecule has 22 heavy (non-hydrogen) atoms. The highest BCUT2D eigenvalue weighted by Gasteiger charge is 2.21. The van der Waals surface area contributed by atoms with Crippen molar-refractivity contribution < 1.29 is 9.66 Å². The summed E-state index contributed by atoms with van der Waals surface area (Å²) in [5.41, 5.74) is 0.524. The van der Waals surface area contributed by atoms with Crippen LogP contribution in [0.2, 0.25) is 0 Å². The Kier molecular flexibility index (Phi) is 5.54. The molecule has 7 heteroatoms. The summed E-state index contributed by atoms with van der Waals surface area (Å²) >= 11 is 5.45. The Morgan fingerprint density at radius 1 is 1.41 bits per heavy atom. The Morgan fingerprint density at radius 2 is 2.09 bits per heavy atom. The minimum Gasteiger partial charge on any atom is -0.495 e. The predicted molar refractivity (Wildman–Crippen MR) is 90.5 cm³/mol. The predicted octanol–water partition coefficient (Wildman–Crippen LogP) is 3.56. The number of nitro benzene ring substituents is 1. The minimum absolute atomic E-state index is 0.00594. The molecule has 1 aromatic carbocycles. The molecule has 0 amide bonds. The molecule has 0 saturated heterocycles. The molecule has 1 N–H and O–H groups in total. The second-order valence-corrected chi connectivity index (χ2v) is 5.86. The van der Waals surface area contributed by atoms with Gasteiger partial charge >= 0.3 is 0 Å². The summed E-state index contributed by atoms with van der Waals surface area (Å²) in [5, 5.41) is 14.6. The third-order valence-electron chi connectivity index (χ3n) is 4.08. The summed E-state index contributed by atoms with van der Waals surface area (Å²) in [6.07, 6.45) is 5.98. The van der Waals surface area contributed by atoms with E-state index in [-0.39, 0.29) is 5.69 Å². The van der Waals surface area contributed by atoms with Crippen molar-refractivity contribution in [3.63, 3.8) is 0 Å². The van der Waals surface area contributed by atoms with E-state index in [0.717, 1.165) is 12.8 Å². The number of ether oxygens (including phenoxy) is 1. The Labute approximate surface area is 135 Å². The van der Waals surface area contributed by atoms with Crippen LogP contribution in [0.25, 0.3) is 0 Å². The third kappa shape index (κ3) is 3.85. The molecule has 1 saturated carbocycles. The first-order valence-corrected chi connectivity index (χ1v) is 7.80. The molecule has 0 atom stereocenters. The normalized spacial score (nSPS) is 15.2. The molecule has 0 heterocycles. The smallest absolute Gasteiger partial charge is 0.271 e. The number of hydrogen-bond acceptors (Lipinski definition) is 4. The van der Waals surface area contributed by atoms with Crippen LogP contribution in [0.4, 0.5) is 11.4 Å². The number of benzene rings is 1. The number of thiocarbonyl (C=S) groups is 1. The Morgan fingerprint density at radius 3 is 2.68 bits per heavy atom. The molecule has 1 aromatic rings. The first-order valence-electron chi connectivity index (χ1n) is 7.39. The number of hydrogen-bond donors (Lipinski definition) is 1. The van der Waals surface area contributed by atoms with E-state index < -0.39 is 4.92 Å². The zero-order chi connectivity index (χ0) is 16.1. The van der Waals surface area contributed by atoms with Crippen LogP contribution in [0.1, 0.15) is 32.1 Å². The van der Waals surface area contributed by atoms with Gasteiger partial charge in [-0.25, -0.2) is 0 Å². The van der Waals surface area contributed by atoms with Crippen molar-refractivity contribution >= 4 is 28.7 Å². The topological polar surface area (TPSA) is 67.6 Å². The van der Waals surface area contributed by atoms with Crippen LogP contribution >= 0.6 is 12.2 Å². The van der Waals surface area contributed by atoms with Gasteiger partial charge in [0.25, 0.3) is 5.69 Å². The van der Waals surface area contributed by atoms with Gasteiger partial charge in [0.2, 0.25) is 0 Å². The lowest BCUT2D eigenvalue weighted by atomic mass is 9.95. The van der Waals surface area contributed by atoms with E-state index in [2.05, 4.69) is 5.32 Å². The fourth-order valence-corrected chi connectivity index (χ4v) is 3.00. The third-order valence-corrected chi connectivity index (χ3v) is 4.47. The van der Waals surface area contributed by atoms with Gasteiger partial charge in [-0.15, -0.1) is 0 Å². The van der Waals surface area contributed by atoms with Crippen molar-refractivity contribution in [3.05, 3.63) is 28.3 Å². The number of rotatable bonds is 4. The van der Waals surface area contributed by atoms with Crippen molar-refractivity contribution in [1.82, 2.24) is 4.90 Å². The van der Waals surface area contributed by atoms with Gasteiger partial charge in [-0.05, 0) is 31.1 Å². The first kappa shape index (κ1) is 16.5. The molecule has 0 spiro atoms. The molecule has 1 aliphatic rings. The lowest BCUT2D eigenvalue weighted by Crippen LogP contribution is -2.40. The zero-order valence-electron chi connectivity index (χ0n) is 12.9. The number of anilines is 1. The van der Waals surface area contributed by atoms with E-state index in [1.54, 1.807) is 6.07 Å². The van der Waals surface area contributed by atoms with Gasteiger partial charge in [0, 0.05) is 25.2 Å². The van der Waals surface area contributed by atoms with E-state index in [4.69, 9.17) is 17.0 Å². The maximum absolute atomic E-state index is 10.9. The lowest BCUT2D eigenvalue weighted by molar-refractivity contribution is -0.384. The molecule has 6 nitrogen and oxygen atoms in total. The Bertz CT molecular complexity index is 559. The Hall–Kier alpha value is -1.89. The van der Waals surface area contributed by atoms with Gasteiger partial charge in [-0.1, -0.05) is 19.3 Å². The number of methoxy groups -OCH3 is 1. The highest BCUT2D eigenvalue weighted by molar-refractivity contribution is 7.80. The summed E-state index contributed by atoms with van der Waals surface area (Å²) in [4.78, 5) is 12.5. The van der Waals surface area contributed by atoms with Crippen molar-refractivity contribution in [3.8, 4) is 5.75 Å². The monoisotopic (exact) mass is 323 g/mol. The number of non-ortho nitro benzene ring substituents is 1. The second kappa shape index (κ2) is 7.40. The summed E-state index contributed by atoms with van der Waals surface area (Å²) in [5.74, 6) is 0.532. The highest BCUT2D eigenvalue weighted by Crippen LogP contribution is 2.30. The molecular weight excluding hydrogens is 302 g/mol. The van der Waals surface area contributed by atoms with E-state index in [0.29, 0.717) is 22.6 Å². The van der Waals surface area contributed by atoms with Crippen molar-refractivity contribution in [1.29, 1.82) is 0 Å². The van der Waals surface area contributed by atoms with Gasteiger partial charge in [0.1, 0.15) is 5.75 Å². The lowest BCUT2D eigenvalue weighted by Gasteiger charge is -2.33. The van der Waals surface area contributed by atoms with Crippen LogP contribution in [-0.2, 0) is 0 Å². The minimum atomic E-state index is -0.432. The summed E-state index contributed by atoms with van der Waals surface area (Å²) < 4.78 is 5.24. The molecule has 1 aliphatic carbocycles. The van der Waals surface area contributed by atoms with Gasteiger partial charge in [0.05, 0.1) is 17.7 Å². The van der Waals surface area contributed by atoms with Crippen molar-refractivity contribution in [2.75, 3.05) is 19.5 Å². The molecule has 0 bridgehead atoms. The maximum atomic E-state index is 10.9. The van der Waals surface area contributed by atoms with Crippen LogP contribution in [-0.4, -0.2) is 35.1 Å². The molecule has 0 aliphatic heterocycles. The van der Waals surface area contributed by atoms with E-state index in [1.165, 1.54) is 38.5 Å². The number of nitro groups is 1. The van der Waals surface area contributed by atoms with Crippen molar-refractivity contribution in [2.45, 2.75) is 38.1 Å². The first-order chi connectivity index (χ1) is 10.5. The number of nitrogens with one attached hydrogen (secondary N) is 1. The molecule has 0 aromatic heterocycles. The van der Waals surface area contributed by atoms with E-state index in [1.807, 2.05) is 11.9 Å². The molecule has 0 unspecified atom stereocenters. The summed E-state index contributed by atoms with van der Waals surface area (Å²) in [7, 11) is 3.50. The zero-order valence-corrected chi connectivity index (χ0v) is 13.7. The van der Waals surface area contributed by atoms with Crippen LogP contribution in [0.5, 0.6) is 5.75 Å². The maximum Gasteiger partial charge on any atom is 0.271 e.